The lowest BCUT2D eigenvalue weighted by atomic mass is 10.00. The quantitative estimate of drug-likeness (QED) is 0.730. The summed E-state index contributed by atoms with van der Waals surface area (Å²) in [7, 11) is 0. The molecule has 0 bridgehead atoms. The summed E-state index contributed by atoms with van der Waals surface area (Å²) in [6.07, 6.45) is 3.48. The van der Waals surface area contributed by atoms with Crippen LogP contribution in [0.15, 0.2) is 30.3 Å². The first-order valence-electron chi connectivity index (χ1n) is 9.46. The highest BCUT2D eigenvalue weighted by atomic mass is 16.3. The van der Waals surface area contributed by atoms with E-state index in [1.54, 1.807) is 4.90 Å². The standard InChI is InChI=1S/C20H24N4O3/c1-12(20(27)21-18-10-17(22-23-18)14-2-3-14)13-4-6-15(7-5-13)24-16(11-25)8-9-19(24)26/h4-7,10,12,14,16,25H,2-3,8-9,11H2,1H3,(H2,21,22,23,27). The lowest BCUT2D eigenvalue weighted by Crippen LogP contribution is -2.35. The molecule has 142 valence electrons. The maximum Gasteiger partial charge on any atom is 0.232 e. The van der Waals surface area contributed by atoms with Gasteiger partial charge in [0, 0.05) is 29.8 Å². The number of hydrogen-bond acceptors (Lipinski definition) is 4. The van der Waals surface area contributed by atoms with Crippen LogP contribution in [0, 0.1) is 0 Å². The SMILES string of the molecule is CC(C(=O)Nc1cc(C2CC2)[nH]n1)c1ccc(N2C(=O)CCC2CO)cc1. The summed E-state index contributed by atoms with van der Waals surface area (Å²) >= 11 is 0. The highest BCUT2D eigenvalue weighted by Crippen LogP contribution is 2.39. The van der Waals surface area contributed by atoms with E-state index in [1.165, 1.54) is 12.8 Å². The van der Waals surface area contributed by atoms with Gasteiger partial charge in [-0.15, -0.1) is 0 Å². The van der Waals surface area contributed by atoms with Crippen LogP contribution in [0.4, 0.5) is 11.5 Å². The Labute approximate surface area is 157 Å². The van der Waals surface area contributed by atoms with Crippen molar-refractivity contribution < 1.29 is 14.7 Å². The summed E-state index contributed by atoms with van der Waals surface area (Å²) in [6, 6.07) is 9.14. The van der Waals surface area contributed by atoms with Crippen molar-refractivity contribution in [3.05, 3.63) is 41.6 Å². The van der Waals surface area contributed by atoms with Crippen molar-refractivity contribution in [1.29, 1.82) is 0 Å². The number of aromatic amines is 1. The molecule has 2 aromatic rings. The van der Waals surface area contributed by atoms with Gasteiger partial charge in [-0.1, -0.05) is 12.1 Å². The monoisotopic (exact) mass is 368 g/mol. The van der Waals surface area contributed by atoms with Gasteiger partial charge in [-0.25, -0.2) is 0 Å². The second-order valence-corrected chi connectivity index (χ2v) is 7.42. The van der Waals surface area contributed by atoms with E-state index in [1.807, 2.05) is 37.3 Å². The van der Waals surface area contributed by atoms with Crippen LogP contribution in [0.1, 0.15) is 55.7 Å². The molecule has 1 aromatic heterocycles. The van der Waals surface area contributed by atoms with Gasteiger partial charge in [-0.05, 0) is 43.9 Å². The molecule has 0 spiro atoms. The van der Waals surface area contributed by atoms with Gasteiger partial charge in [0.05, 0.1) is 18.6 Å². The molecule has 7 nitrogen and oxygen atoms in total. The summed E-state index contributed by atoms with van der Waals surface area (Å²) in [6.45, 7) is 1.80. The average molecular weight is 368 g/mol. The third-order valence-corrected chi connectivity index (χ3v) is 5.47. The van der Waals surface area contributed by atoms with Crippen LogP contribution in [-0.4, -0.2) is 39.8 Å². The highest BCUT2D eigenvalue weighted by Gasteiger charge is 2.31. The number of hydrogen-bond donors (Lipinski definition) is 3. The normalized spacial score (nSPS) is 20.7. The van der Waals surface area contributed by atoms with Crippen molar-refractivity contribution in [3.63, 3.8) is 0 Å². The van der Waals surface area contributed by atoms with Crippen molar-refractivity contribution in [2.75, 3.05) is 16.8 Å². The topological polar surface area (TPSA) is 98.3 Å². The molecule has 2 heterocycles. The number of carbonyl (C=O) groups is 2. The lowest BCUT2D eigenvalue weighted by molar-refractivity contribution is -0.118. The molecule has 3 N–H and O–H groups in total. The first-order chi connectivity index (χ1) is 13.1. The smallest absolute Gasteiger partial charge is 0.232 e. The van der Waals surface area contributed by atoms with Crippen molar-refractivity contribution in [2.45, 2.75) is 50.5 Å². The first-order valence-corrected chi connectivity index (χ1v) is 9.46. The Hall–Kier alpha value is -2.67. The van der Waals surface area contributed by atoms with Gasteiger partial charge in [-0.3, -0.25) is 14.7 Å². The second kappa shape index (κ2) is 7.15. The van der Waals surface area contributed by atoms with E-state index < -0.39 is 0 Å². The third kappa shape index (κ3) is 3.60. The molecule has 2 amide bonds. The molecule has 1 saturated carbocycles. The number of aliphatic hydroxyl groups is 1. The minimum Gasteiger partial charge on any atom is -0.394 e. The Bertz CT molecular complexity index is 841. The van der Waals surface area contributed by atoms with Crippen LogP contribution < -0.4 is 10.2 Å². The van der Waals surface area contributed by atoms with E-state index in [2.05, 4.69) is 15.5 Å². The minimum absolute atomic E-state index is 0.0255. The molecule has 0 radical (unpaired) electrons. The fraction of sp³-hybridized carbons (Fsp3) is 0.450. The maximum atomic E-state index is 12.5. The van der Waals surface area contributed by atoms with E-state index >= 15 is 0 Å². The number of nitrogens with zero attached hydrogens (tertiary/aromatic N) is 2. The molecule has 4 rings (SSSR count). The minimum atomic E-state index is -0.344. The van der Waals surface area contributed by atoms with Crippen LogP contribution in [0.2, 0.25) is 0 Å². The first kappa shape index (κ1) is 17.7. The highest BCUT2D eigenvalue weighted by molar-refractivity contribution is 5.97. The molecule has 2 atom stereocenters. The van der Waals surface area contributed by atoms with Gasteiger partial charge in [0.15, 0.2) is 5.82 Å². The van der Waals surface area contributed by atoms with Gasteiger partial charge < -0.3 is 15.3 Å². The summed E-state index contributed by atoms with van der Waals surface area (Å²) < 4.78 is 0. The fourth-order valence-corrected chi connectivity index (χ4v) is 3.58. The number of carbonyl (C=O) groups excluding carboxylic acids is 2. The van der Waals surface area contributed by atoms with E-state index in [0.717, 1.165) is 16.9 Å². The Kier molecular flexibility index (Phi) is 4.70. The summed E-state index contributed by atoms with van der Waals surface area (Å²) in [5.41, 5.74) is 2.70. The van der Waals surface area contributed by atoms with Gasteiger partial charge in [0.25, 0.3) is 0 Å². The number of amides is 2. The van der Waals surface area contributed by atoms with Crippen LogP contribution >= 0.6 is 0 Å². The van der Waals surface area contributed by atoms with Crippen LogP contribution in [-0.2, 0) is 9.59 Å². The van der Waals surface area contributed by atoms with Gasteiger partial charge in [0.1, 0.15) is 0 Å². The number of aliphatic hydroxyl groups excluding tert-OH is 1. The number of rotatable bonds is 6. The maximum absolute atomic E-state index is 12.5. The molecule has 1 saturated heterocycles. The predicted molar refractivity (Wildman–Crippen MR) is 102 cm³/mol. The Morgan fingerprint density at radius 1 is 1.33 bits per heavy atom. The van der Waals surface area contributed by atoms with Gasteiger partial charge in [-0.2, -0.15) is 5.10 Å². The van der Waals surface area contributed by atoms with Gasteiger partial charge >= 0.3 is 0 Å². The lowest BCUT2D eigenvalue weighted by Gasteiger charge is -2.23. The summed E-state index contributed by atoms with van der Waals surface area (Å²) in [5, 5.41) is 19.5. The Balaban J connectivity index is 1.42. The molecule has 1 aliphatic heterocycles. The molecule has 2 aliphatic rings. The Morgan fingerprint density at radius 2 is 2.07 bits per heavy atom. The van der Waals surface area contributed by atoms with Crippen molar-refractivity contribution >= 4 is 23.3 Å². The van der Waals surface area contributed by atoms with Crippen molar-refractivity contribution in [2.24, 2.45) is 0 Å². The summed E-state index contributed by atoms with van der Waals surface area (Å²) in [5.74, 6) is 0.672. The van der Waals surface area contributed by atoms with E-state index in [9.17, 15) is 14.7 Å². The average Bonchev–Trinajstić information content (AvgIpc) is 3.32. The molecule has 1 aromatic carbocycles. The molecular weight excluding hydrogens is 344 g/mol. The Morgan fingerprint density at radius 3 is 2.74 bits per heavy atom. The molecule has 2 unspecified atom stereocenters. The number of H-pyrrole nitrogens is 1. The molecule has 7 heteroatoms. The molecule has 1 aliphatic carbocycles. The van der Waals surface area contributed by atoms with E-state index in [4.69, 9.17) is 0 Å². The number of aromatic nitrogens is 2. The van der Waals surface area contributed by atoms with Crippen LogP contribution in [0.5, 0.6) is 0 Å². The molecule has 2 fully saturated rings. The second-order valence-electron chi connectivity index (χ2n) is 7.42. The van der Waals surface area contributed by atoms with Crippen LogP contribution in [0.25, 0.3) is 0 Å². The van der Waals surface area contributed by atoms with Crippen molar-refractivity contribution in [3.8, 4) is 0 Å². The zero-order valence-electron chi connectivity index (χ0n) is 15.3. The summed E-state index contributed by atoms with van der Waals surface area (Å²) in [4.78, 5) is 26.3. The number of benzene rings is 1. The van der Waals surface area contributed by atoms with Gasteiger partial charge in [0.2, 0.25) is 11.8 Å². The fourth-order valence-electron chi connectivity index (χ4n) is 3.58. The number of nitrogens with one attached hydrogen (secondary N) is 2. The number of anilines is 2. The predicted octanol–water partition coefficient (Wildman–Crippen LogP) is 2.52. The van der Waals surface area contributed by atoms with Crippen LogP contribution in [0.3, 0.4) is 0 Å². The zero-order valence-corrected chi connectivity index (χ0v) is 15.3. The molecule has 27 heavy (non-hydrogen) atoms. The van der Waals surface area contributed by atoms with Crippen molar-refractivity contribution in [1.82, 2.24) is 10.2 Å². The molecular formula is C20H24N4O3. The third-order valence-electron chi connectivity index (χ3n) is 5.47. The van der Waals surface area contributed by atoms with E-state index in [-0.39, 0.29) is 30.4 Å². The zero-order chi connectivity index (χ0) is 19.0. The largest absolute Gasteiger partial charge is 0.394 e. The van der Waals surface area contributed by atoms with E-state index in [0.29, 0.717) is 24.6 Å².